The SMILES string of the molecule is Cc1c(Br)c(=O)n(C2CCCC2)c2nc(Nc3ccc(N4CC(C)N(OC(=O)OC(C)(C)C)C(C)C4)cn3)ncc12. The van der Waals surface area contributed by atoms with Crippen LogP contribution in [0.5, 0.6) is 0 Å². The van der Waals surface area contributed by atoms with Crippen LogP contribution in [0.15, 0.2) is 33.8 Å². The number of pyridine rings is 2. The van der Waals surface area contributed by atoms with Gasteiger partial charge in [0, 0.05) is 30.7 Å². The third kappa shape index (κ3) is 6.33. The Hall–Kier alpha value is -3.25. The number of aromatic nitrogens is 4. The number of nitrogens with zero attached hydrogens (tertiary/aromatic N) is 6. The van der Waals surface area contributed by atoms with Gasteiger partial charge in [-0.2, -0.15) is 4.98 Å². The van der Waals surface area contributed by atoms with Gasteiger partial charge in [-0.05, 0) is 88.0 Å². The Balaban J connectivity index is 1.30. The van der Waals surface area contributed by atoms with E-state index >= 15 is 0 Å². The van der Waals surface area contributed by atoms with Crippen molar-refractivity contribution in [2.45, 2.75) is 91.0 Å². The molecule has 3 aromatic heterocycles. The molecule has 1 saturated heterocycles. The minimum absolute atomic E-state index is 0.0453. The van der Waals surface area contributed by atoms with Gasteiger partial charge >= 0.3 is 6.16 Å². The molecule has 1 saturated carbocycles. The van der Waals surface area contributed by atoms with Crippen LogP contribution in [0.2, 0.25) is 0 Å². The van der Waals surface area contributed by atoms with E-state index in [1.165, 1.54) is 0 Å². The van der Waals surface area contributed by atoms with Crippen molar-refractivity contribution in [3.63, 3.8) is 0 Å². The molecule has 1 N–H and O–H groups in total. The van der Waals surface area contributed by atoms with Gasteiger partial charge in [0.25, 0.3) is 5.56 Å². The second kappa shape index (κ2) is 11.6. The van der Waals surface area contributed by atoms with E-state index in [1.54, 1.807) is 11.3 Å². The average molecular weight is 629 g/mol. The zero-order valence-corrected chi connectivity index (χ0v) is 26.1. The van der Waals surface area contributed by atoms with Gasteiger partial charge in [0.1, 0.15) is 17.1 Å². The standard InChI is InChI=1S/C29H38BrN7O4/c1-17-15-35(16-18(2)37(17)41-28(39)40-29(4,5)6)21-11-12-23(31-13-21)33-27-32-14-22-19(3)24(30)26(38)36(25(22)34-27)20-9-7-8-10-20/h11-14,17-18,20H,7-10,15-16H2,1-6H3,(H,31,32,33,34). The van der Waals surface area contributed by atoms with Crippen molar-refractivity contribution in [1.82, 2.24) is 24.6 Å². The third-order valence-corrected chi connectivity index (χ3v) is 8.52. The van der Waals surface area contributed by atoms with Gasteiger partial charge in [0.2, 0.25) is 5.95 Å². The van der Waals surface area contributed by atoms with Gasteiger partial charge in [0.15, 0.2) is 0 Å². The molecule has 1 aliphatic carbocycles. The van der Waals surface area contributed by atoms with Crippen molar-refractivity contribution >= 4 is 50.6 Å². The van der Waals surface area contributed by atoms with Crippen LogP contribution >= 0.6 is 15.9 Å². The van der Waals surface area contributed by atoms with E-state index in [-0.39, 0.29) is 23.7 Å². The number of nitrogens with one attached hydrogen (secondary N) is 1. The fraction of sp³-hybridized carbons (Fsp3) is 0.552. The van der Waals surface area contributed by atoms with E-state index in [0.717, 1.165) is 42.3 Å². The maximum atomic E-state index is 13.2. The normalized spacial score (nSPS) is 20.4. The summed E-state index contributed by atoms with van der Waals surface area (Å²) in [5, 5.41) is 5.77. The number of hydrogen-bond acceptors (Lipinski definition) is 10. The van der Waals surface area contributed by atoms with Crippen molar-refractivity contribution in [1.29, 1.82) is 0 Å². The van der Waals surface area contributed by atoms with E-state index in [2.05, 4.69) is 36.1 Å². The molecule has 2 fully saturated rings. The number of carbonyl (C=O) groups is 1. The molecular formula is C29H38BrN7O4. The maximum absolute atomic E-state index is 13.2. The molecule has 2 atom stereocenters. The van der Waals surface area contributed by atoms with Gasteiger partial charge in [-0.1, -0.05) is 12.8 Å². The Morgan fingerprint density at radius 3 is 2.37 bits per heavy atom. The molecule has 2 aliphatic rings. The molecule has 2 unspecified atom stereocenters. The Labute approximate surface area is 248 Å². The number of rotatable bonds is 5. The number of ether oxygens (including phenoxy) is 1. The van der Waals surface area contributed by atoms with Crippen molar-refractivity contribution in [2.24, 2.45) is 0 Å². The highest BCUT2D eigenvalue weighted by molar-refractivity contribution is 9.10. The number of hydrogen-bond donors (Lipinski definition) is 1. The second-order valence-electron chi connectivity index (χ2n) is 12.0. The summed E-state index contributed by atoms with van der Waals surface area (Å²) < 4.78 is 7.72. The number of piperazine rings is 1. The van der Waals surface area contributed by atoms with Crippen LogP contribution < -0.4 is 15.8 Å². The van der Waals surface area contributed by atoms with Gasteiger partial charge < -0.3 is 19.8 Å². The lowest BCUT2D eigenvalue weighted by Gasteiger charge is -2.43. The number of hydroxylamine groups is 2. The Morgan fingerprint density at radius 1 is 1.07 bits per heavy atom. The summed E-state index contributed by atoms with van der Waals surface area (Å²) in [7, 11) is 0. The summed E-state index contributed by atoms with van der Waals surface area (Å²) in [4.78, 5) is 47.1. The highest BCUT2D eigenvalue weighted by atomic mass is 79.9. The molecule has 41 heavy (non-hydrogen) atoms. The van der Waals surface area contributed by atoms with Crippen LogP contribution in [0.4, 0.5) is 22.2 Å². The first-order valence-corrected chi connectivity index (χ1v) is 14.9. The van der Waals surface area contributed by atoms with Crippen LogP contribution in [-0.2, 0) is 9.57 Å². The van der Waals surface area contributed by atoms with Gasteiger partial charge in [-0.15, -0.1) is 5.06 Å². The molecule has 220 valence electrons. The molecular weight excluding hydrogens is 590 g/mol. The molecule has 0 bridgehead atoms. The van der Waals surface area contributed by atoms with Crippen LogP contribution in [0.3, 0.4) is 0 Å². The van der Waals surface area contributed by atoms with E-state index < -0.39 is 11.8 Å². The van der Waals surface area contributed by atoms with Gasteiger partial charge in [0.05, 0.1) is 28.4 Å². The number of fused-ring (bicyclic) bond motifs is 1. The van der Waals surface area contributed by atoms with Crippen LogP contribution in [-0.4, -0.2) is 61.5 Å². The zero-order chi connectivity index (χ0) is 29.5. The lowest BCUT2D eigenvalue weighted by atomic mass is 10.1. The summed E-state index contributed by atoms with van der Waals surface area (Å²) in [5.41, 5.74) is 1.78. The average Bonchev–Trinajstić information content (AvgIpc) is 3.43. The lowest BCUT2D eigenvalue weighted by Crippen LogP contribution is -2.57. The summed E-state index contributed by atoms with van der Waals surface area (Å²) >= 11 is 3.49. The van der Waals surface area contributed by atoms with E-state index in [4.69, 9.17) is 14.6 Å². The monoisotopic (exact) mass is 627 g/mol. The molecule has 0 radical (unpaired) electrons. The summed E-state index contributed by atoms with van der Waals surface area (Å²) in [6.07, 6.45) is 7.05. The fourth-order valence-corrected chi connectivity index (χ4v) is 6.08. The fourth-order valence-electron chi connectivity index (χ4n) is 5.68. The van der Waals surface area contributed by atoms with Crippen molar-refractivity contribution in [2.75, 3.05) is 23.3 Å². The Bertz CT molecular complexity index is 1470. The molecule has 0 amide bonds. The van der Waals surface area contributed by atoms with Gasteiger partial charge in [-0.25, -0.2) is 14.8 Å². The summed E-state index contributed by atoms with van der Waals surface area (Å²) in [6.45, 7) is 12.7. The minimum atomic E-state index is -0.694. The molecule has 11 nitrogen and oxygen atoms in total. The molecule has 12 heteroatoms. The van der Waals surface area contributed by atoms with E-state index in [9.17, 15) is 9.59 Å². The number of halogens is 1. The summed E-state index contributed by atoms with van der Waals surface area (Å²) in [6, 6.07) is 3.93. The largest absolute Gasteiger partial charge is 0.528 e. The van der Waals surface area contributed by atoms with Crippen molar-refractivity contribution < 1.29 is 14.4 Å². The number of carbonyl (C=O) groups excluding carboxylic acids is 1. The predicted molar refractivity (Wildman–Crippen MR) is 162 cm³/mol. The zero-order valence-electron chi connectivity index (χ0n) is 24.5. The van der Waals surface area contributed by atoms with E-state index in [0.29, 0.717) is 35.0 Å². The first kappa shape index (κ1) is 29.2. The Morgan fingerprint density at radius 2 is 1.76 bits per heavy atom. The topological polar surface area (TPSA) is 115 Å². The number of aryl methyl sites for hydroxylation is 1. The predicted octanol–water partition coefficient (Wildman–Crippen LogP) is 5.88. The van der Waals surface area contributed by atoms with Crippen LogP contribution in [0.25, 0.3) is 11.0 Å². The molecule has 1 aliphatic heterocycles. The second-order valence-corrected chi connectivity index (χ2v) is 12.8. The van der Waals surface area contributed by atoms with Crippen molar-refractivity contribution in [3.05, 3.63) is 44.9 Å². The quantitative estimate of drug-likeness (QED) is 0.344. The number of anilines is 3. The molecule has 3 aromatic rings. The lowest BCUT2D eigenvalue weighted by molar-refractivity contribution is -0.187. The van der Waals surface area contributed by atoms with Crippen LogP contribution in [0.1, 0.15) is 71.9 Å². The highest BCUT2D eigenvalue weighted by Gasteiger charge is 2.34. The highest BCUT2D eigenvalue weighted by Crippen LogP contribution is 2.33. The first-order valence-electron chi connectivity index (χ1n) is 14.2. The maximum Gasteiger partial charge on any atom is 0.528 e. The molecule has 0 spiro atoms. The molecule has 5 rings (SSSR count). The van der Waals surface area contributed by atoms with E-state index in [1.807, 2.05) is 64.4 Å². The van der Waals surface area contributed by atoms with Gasteiger partial charge in [-0.3, -0.25) is 9.36 Å². The Kier molecular flexibility index (Phi) is 8.24. The van der Waals surface area contributed by atoms with Crippen LogP contribution in [0, 0.1) is 6.92 Å². The smallest absolute Gasteiger partial charge is 0.427 e. The third-order valence-electron chi connectivity index (χ3n) is 7.59. The molecule has 0 aromatic carbocycles. The van der Waals surface area contributed by atoms with Crippen molar-refractivity contribution in [3.8, 4) is 0 Å². The molecule has 4 heterocycles. The summed E-state index contributed by atoms with van der Waals surface area (Å²) in [5.74, 6) is 0.991. The minimum Gasteiger partial charge on any atom is -0.427 e. The first-order chi connectivity index (χ1) is 19.4.